The second-order valence-electron chi connectivity index (χ2n) is 0. The monoisotopic (exact) mass is 233 g/mol. The van der Waals surface area contributed by atoms with Crippen molar-refractivity contribution in [2.24, 2.45) is 0 Å². The second-order valence-corrected chi connectivity index (χ2v) is 0. The van der Waals surface area contributed by atoms with Gasteiger partial charge in [-0.05, 0) is 0 Å². The fourth-order valence-electron chi connectivity index (χ4n) is 0. The molecule has 0 aliphatic carbocycles. The zero-order valence-electron chi connectivity index (χ0n) is 0.333. The first-order valence-electron chi connectivity index (χ1n) is 0. The summed E-state index contributed by atoms with van der Waals surface area (Å²) >= 11 is 0. The van der Waals surface area contributed by atoms with Crippen molar-refractivity contribution in [1.29, 1.82) is 0 Å². The molecule has 0 atom stereocenters. The maximum absolute atomic E-state index is 0. The maximum atomic E-state index is 0. The minimum atomic E-state index is 0. The van der Waals surface area contributed by atoms with Gasteiger partial charge in [-0.2, -0.15) is 0 Å². The predicted molar refractivity (Wildman–Crippen MR) is 24.2 cm³/mol. The van der Waals surface area contributed by atoms with Gasteiger partial charge in [0.15, 0.2) is 0 Å². The van der Waals surface area contributed by atoms with E-state index in [0.29, 0.717) is 0 Å². The van der Waals surface area contributed by atoms with Crippen molar-refractivity contribution in [1.82, 2.24) is 0 Å². The van der Waals surface area contributed by atoms with Crippen molar-refractivity contribution in [3.05, 3.63) is 0 Å². The second kappa shape index (κ2) is 16.1. The minimum Gasteiger partial charge on any atom is 0.316 e. The molecule has 1 radical (unpaired) electrons. The van der Waals surface area contributed by atoms with Crippen molar-refractivity contribution >= 4 is 90.8 Å². The average molecular weight is 233 g/mol. The number of hydrogen-bond acceptors (Lipinski definition) is 0. The Balaban J connectivity index is 0. The first-order valence-corrected chi connectivity index (χ1v) is 0. The molecule has 19 valence electrons. The van der Waals surface area contributed by atoms with Crippen LogP contribution >= 0.6 is 0 Å². The molecule has 0 nitrogen and oxygen atoms in total. The Morgan fingerprint density at radius 1 is 1.00 bits per heavy atom. The van der Waals surface area contributed by atoms with Crippen molar-refractivity contribution < 1.29 is 16.8 Å². The summed E-state index contributed by atoms with van der Waals surface area (Å²) in [4.78, 5) is 0. The summed E-state index contributed by atoms with van der Waals surface area (Å²) in [6.45, 7) is 0. The van der Waals surface area contributed by atoms with E-state index in [2.05, 4.69) is 0 Å². The molecule has 0 aromatic carbocycles. The number of hydrogen-bond donors (Lipinski definition) is 0. The van der Waals surface area contributed by atoms with Gasteiger partial charge < -0.3 is 0 Å². The maximum Gasteiger partial charge on any atom is 0.316 e. The van der Waals surface area contributed by atoms with Crippen LogP contribution in [-0.4, -0.2) is 90.8 Å². The van der Waals surface area contributed by atoms with E-state index in [0.717, 1.165) is 0 Å². The molecule has 0 bridgehead atoms. The summed E-state index contributed by atoms with van der Waals surface area (Å²) in [5.41, 5.74) is 0. The van der Waals surface area contributed by atoms with E-state index >= 15 is 0 Å². The zero-order valence-corrected chi connectivity index (χ0v) is 1.37. The molecular formula is H5BaCoLiMg. The van der Waals surface area contributed by atoms with Crippen molar-refractivity contribution in [2.45, 2.75) is 0 Å². The van der Waals surface area contributed by atoms with Crippen LogP contribution < -0.4 is 0 Å². The molecule has 0 heterocycles. The largest absolute Gasteiger partial charge is 0.316 e. The molecule has 0 N–H and O–H groups in total. The molecule has 0 aliphatic rings. The molecule has 0 saturated heterocycles. The molecule has 0 spiro atoms. The Kier molecular flexibility index (Phi) is 105. The van der Waals surface area contributed by atoms with Crippen LogP contribution in [-0.2, 0) is 16.8 Å². The van der Waals surface area contributed by atoms with Crippen LogP contribution in [0.25, 0.3) is 0 Å². The van der Waals surface area contributed by atoms with Crippen molar-refractivity contribution in [3.8, 4) is 0 Å². The van der Waals surface area contributed by atoms with Gasteiger partial charge >= 0.3 is 90.8 Å². The molecule has 0 aromatic rings. The summed E-state index contributed by atoms with van der Waals surface area (Å²) in [5, 5.41) is 0. The molecule has 0 saturated carbocycles. The molecule has 4 heteroatoms. The van der Waals surface area contributed by atoms with Gasteiger partial charge in [-0.3, -0.25) is 0 Å². The fourth-order valence-corrected chi connectivity index (χ4v) is 0. The van der Waals surface area contributed by atoms with Crippen LogP contribution in [0.3, 0.4) is 0 Å². The summed E-state index contributed by atoms with van der Waals surface area (Å²) in [7, 11) is 0. The van der Waals surface area contributed by atoms with Crippen LogP contribution in [0.2, 0.25) is 0 Å². The Labute approximate surface area is 105 Å². The van der Waals surface area contributed by atoms with E-state index in [9.17, 15) is 0 Å². The third-order valence-electron chi connectivity index (χ3n) is 0. The molecule has 0 fully saturated rings. The Morgan fingerprint density at radius 2 is 1.00 bits per heavy atom. The minimum absolute atomic E-state index is 0. The predicted octanol–water partition coefficient (Wildman–Crippen LogP) is -2.48. The van der Waals surface area contributed by atoms with Gasteiger partial charge in [0.1, 0.15) is 0 Å². The summed E-state index contributed by atoms with van der Waals surface area (Å²) < 4.78 is 0. The van der Waals surface area contributed by atoms with Gasteiger partial charge in [0.25, 0.3) is 0 Å². The van der Waals surface area contributed by atoms with Gasteiger partial charge in [-0.15, -0.1) is 0 Å². The molecule has 4 heavy (non-hydrogen) atoms. The topological polar surface area (TPSA) is 0 Å². The van der Waals surface area contributed by atoms with Crippen molar-refractivity contribution in [3.63, 3.8) is 0 Å². The first kappa shape index (κ1) is 26.1. The standard InChI is InChI=1S/Ba.Co.Li.Mg.5H. The van der Waals surface area contributed by atoms with Gasteiger partial charge in [-0.1, -0.05) is 0 Å². The Bertz CT molecular complexity index is 8.00. The van der Waals surface area contributed by atoms with Crippen LogP contribution in [0.4, 0.5) is 0 Å². The third-order valence-corrected chi connectivity index (χ3v) is 0. The first-order chi connectivity index (χ1) is 0. The normalized spacial score (nSPS) is 0. The summed E-state index contributed by atoms with van der Waals surface area (Å²) in [5.74, 6) is 0. The van der Waals surface area contributed by atoms with E-state index in [1.807, 2.05) is 0 Å². The Hall–Kier alpha value is 3.44. The average Bonchev–Trinajstić information content (AvgIpc) is 0. The van der Waals surface area contributed by atoms with Crippen LogP contribution in [0.15, 0.2) is 0 Å². The molecule has 0 amide bonds. The summed E-state index contributed by atoms with van der Waals surface area (Å²) in [6.07, 6.45) is 0. The van der Waals surface area contributed by atoms with Crippen LogP contribution in [0.1, 0.15) is 0 Å². The van der Waals surface area contributed by atoms with E-state index in [-0.39, 0.29) is 108 Å². The van der Waals surface area contributed by atoms with Gasteiger partial charge in [0, 0.05) is 16.8 Å². The van der Waals surface area contributed by atoms with E-state index in [4.69, 9.17) is 0 Å². The van der Waals surface area contributed by atoms with Gasteiger partial charge in [-0.25, -0.2) is 0 Å². The zero-order chi connectivity index (χ0) is 0. The quantitative estimate of drug-likeness (QED) is 0.406. The molecular weight excluding hydrogens is 228 g/mol. The van der Waals surface area contributed by atoms with E-state index in [1.165, 1.54) is 0 Å². The Morgan fingerprint density at radius 3 is 1.00 bits per heavy atom. The molecule has 0 aliphatic heterocycles. The summed E-state index contributed by atoms with van der Waals surface area (Å²) in [6, 6.07) is 0. The molecule has 0 unspecified atom stereocenters. The van der Waals surface area contributed by atoms with E-state index in [1.54, 1.807) is 0 Å². The molecule has 0 aromatic heterocycles. The van der Waals surface area contributed by atoms with Crippen LogP contribution in [0, 0.1) is 0 Å². The van der Waals surface area contributed by atoms with Crippen LogP contribution in [0.5, 0.6) is 0 Å². The molecule has 0 rings (SSSR count). The van der Waals surface area contributed by atoms with Crippen molar-refractivity contribution in [2.75, 3.05) is 0 Å². The third kappa shape index (κ3) is 9.06. The van der Waals surface area contributed by atoms with Gasteiger partial charge in [0.2, 0.25) is 0 Å². The fraction of sp³-hybridized carbons (Fsp3) is 0. The van der Waals surface area contributed by atoms with Gasteiger partial charge in [0.05, 0.1) is 0 Å². The smallest absolute Gasteiger partial charge is 0.316 e. The SMILES string of the molecule is [BaH2].[Co].[LiH].[MgH2]. The van der Waals surface area contributed by atoms with E-state index < -0.39 is 0 Å². The number of rotatable bonds is 0.